The molecule has 2 aromatic heterocycles. The number of amides is 1. The Bertz CT molecular complexity index is 2010. The Morgan fingerprint density at radius 2 is 1.69 bits per heavy atom. The smallest absolute Gasteiger partial charge is 0.274 e. The number of anilines is 2. The van der Waals surface area contributed by atoms with Crippen molar-refractivity contribution < 1.29 is 14.0 Å². The number of ketones is 1. The van der Waals surface area contributed by atoms with Crippen molar-refractivity contribution in [2.24, 2.45) is 14.1 Å². The third-order valence-electron chi connectivity index (χ3n) is 8.70. The topological polar surface area (TPSA) is 88.4 Å². The third kappa shape index (κ3) is 5.55. The second-order valence-electron chi connectivity index (χ2n) is 12.0. The molecular weight excluding hydrogens is 569 g/mol. The van der Waals surface area contributed by atoms with Crippen LogP contribution in [0, 0.1) is 5.82 Å². The van der Waals surface area contributed by atoms with Gasteiger partial charge in [0.25, 0.3) is 5.56 Å². The first-order valence-electron chi connectivity index (χ1n) is 15.0. The van der Waals surface area contributed by atoms with Crippen LogP contribution in [0.15, 0.2) is 83.8 Å². The largest absolute Gasteiger partial charge is 0.353 e. The Morgan fingerprint density at radius 3 is 2.38 bits per heavy atom. The number of carbonyl (C=O) groups is 2. The van der Waals surface area contributed by atoms with Crippen molar-refractivity contribution >= 4 is 34.0 Å². The molecule has 0 saturated carbocycles. The van der Waals surface area contributed by atoms with Crippen LogP contribution in [-0.2, 0) is 18.9 Å². The van der Waals surface area contributed by atoms with E-state index < -0.39 is 5.82 Å². The van der Waals surface area contributed by atoms with Gasteiger partial charge in [0.15, 0.2) is 5.78 Å². The number of nitrogens with zero attached hydrogens (tertiary/aromatic N) is 3. The van der Waals surface area contributed by atoms with Gasteiger partial charge in [0.1, 0.15) is 17.5 Å². The van der Waals surface area contributed by atoms with Gasteiger partial charge in [-0.1, -0.05) is 38.1 Å². The molecule has 1 atom stereocenters. The van der Waals surface area contributed by atoms with Gasteiger partial charge in [-0.05, 0) is 78.2 Å². The van der Waals surface area contributed by atoms with Crippen LogP contribution in [0.2, 0.25) is 0 Å². The van der Waals surface area contributed by atoms with E-state index in [1.54, 1.807) is 36.0 Å². The minimum absolute atomic E-state index is 0.0217. The molecule has 3 aromatic carbocycles. The summed E-state index contributed by atoms with van der Waals surface area (Å²) in [5, 5.41) is 6.79. The molecule has 0 radical (unpaired) electrons. The zero-order valence-corrected chi connectivity index (χ0v) is 26.0. The van der Waals surface area contributed by atoms with Crippen molar-refractivity contribution in [1.82, 2.24) is 19.4 Å². The Labute approximate surface area is 261 Å². The van der Waals surface area contributed by atoms with Crippen molar-refractivity contribution in [3.8, 4) is 11.3 Å². The normalized spacial score (nSPS) is 15.4. The first-order valence-corrected chi connectivity index (χ1v) is 15.0. The minimum atomic E-state index is -0.536. The molecule has 0 spiro atoms. The predicted molar refractivity (Wildman–Crippen MR) is 176 cm³/mol. The van der Waals surface area contributed by atoms with Crippen LogP contribution in [0.1, 0.15) is 52.9 Å². The first kappa shape index (κ1) is 30.0. The average molecular weight is 606 g/mol. The summed E-state index contributed by atoms with van der Waals surface area (Å²) >= 11 is 0. The number of nitrogens with one attached hydrogen (secondary N) is 2. The number of rotatable bonds is 7. The quantitative estimate of drug-likeness (QED) is 0.226. The molecule has 1 saturated heterocycles. The predicted octanol–water partition coefficient (Wildman–Crippen LogP) is 5.88. The number of aryl methyl sites for hydroxylation is 1. The molecule has 2 N–H and O–H groups in total. The van der Waals surface area contributed by atoms with Crippen LogP contribution in [0.5, 0.6) is 0 Å². The lowest BCUT2D eigenvalue weighted by Gasteiger charge is -2.32. The average Bonchev–Trinajstić information content (AvgIpc) is 3.35. The van der Waals surface area contributed by atoms with Gasteiger partial charge in [0.2, 0.25) is 5.91 Å². The van der Waals surface area contributed by atoms with E-state index in [0.29, 0.717) is 28.9 Å². The highest BCUT2D eigenvalue weighted by molar-refractivity contribution is 6.17. The van der Waals surface area contributed by atoms with Crippen LogP contribution in [0.3, 0.4) is 0 Å². The van der Waals surface area contributed by atoms with Crippen LogP contribution in [0.25, 0.3) is 22.2 Å². The Kier molecular flexibility index (Phi) is 7.88. The van der Waals surface area contributed by atoms with E-state index in [4.69, 9.17) is 0 Å². The van der Waals surface area contributed by atoms with Gasteiger partial charge in [-0.15, -0.1) is 0 Å². The van der Waals surface area contributed by atoms with E-state index in [1.165, 1.54) is 6.07 Å². The molecule has 5 aromatic rings. The fraction of sp³-hybridized carbons (Fsp3) is 0.250. The van der Waals surface area contributed by atoms with Gasteiger partial charge < -0.3 is 19.8 Å². The number of hydrogen-bond acceptors (Lipinski definition) is 5. The SMILES string of the molecule is CC(C)c1ccc(C(=O)c2cn(C)c3ccc(-c4ccc(Nc5ccc(C6C(=O)NCCN6C)cc5)c(=O)n4C)cc23)c(F)c1. The Hall–Kier alpha value is -5.02. The number of halogens is 1. The maximum Gasteiger partial charge on any atom is 0.274 e. The first-order chi connectivity index (χ1) is 21.5. The molecule has 1 amide bonds. The molecule has 45 heavy (non-hydrogen) atoms. The lowest BCUT2D eigenvalue weighted by atomic mass is 9.96. The fourth-order valence-electron chi connectivity index (χ4n) is 6.06. The monoisotopic (exact) mass is 605 g/mol. The molecule has 1 unspecified atom stereocenters. The van der Waals surface area contributed by atoms with Gasteiger partial charge in [-0.3, -0.25) is 19.3 Å². The summed E-state index contributed by atoms with van der Waals surface area (Å²) in [5.41, 5.74) is 5.30. The lowest BCUT2D eigenvalue weighted by molar-refractivity contribution is -0.128. The molecule has 3 heterocycles. The number of benzene rings is 3. The van der Waals surface area contributed by atoms with E-state index in [9.17, 15) is 14.4 Å². The number of hydrogen-bond donors (Lipinski definition) is 2. The number of likely N-dealkylation sites (N-methyl/N-ethyl adjacent to an activating group) is 1. The standard InChI is InChI=1S/C36H36FN5O3/c1-21(2)23-8-12-26(29(37)19-23)34(43)28-20-41(4)32-14-9-24(18-27(28)32)31-15-13-30(36(45)42(31)5)39-25-10-6-22(7-11-25)33-35(44)38-16-17-40(33)3/h6-15,18-21,33,39H,16-17H2,1-5H3,(H,38,44). The maximum atomic E-state index is 15.0. The number of carbonyl (C=O) groups excluding carboxylic acids is 2. The van der Waals surface area contributed by atoms with Crippen molar-refractivity contribution in [2.75, 3.05) is 25.5 Å². The number of aromatic nitrogens is 2. The maximum absolute atomic E-state index is 15.0. The van der Waals surface area contributed by atoms with Crippen LogP contribution in [-0.4, -0.2) is 45.9 Å². The molecule has 6 rings (SSSR count). The lowest BCUT2D eigenvalue weighted by Crippen LogP contribution is -2.48. The molecule has 1 fully saturated rings. The zero-order valence-electron chi connectivity index (χ0n) is 26.0. The summed E-state index contributed by atoms with van der Waals surface area (Å²) in [6, 6.07) is 21.2. The van der Waals surface area contributed by atoms with Crippen molar-refractivity contribution in [3.63, 3.8) is 0 Å². The van der Waals surface area contributed by atoms with Crippen LogP contribution < -0.4 is 16.2 Å². The molecule has 8 nitrogen and oxygen atoms in total. The molecule has 9 heteroatoms. The van der Waals surface area contributed by atoms with E-state index in [2.05, 4.69) is 10.6 Å². The van der Waals surface area contributed by atoms with Gasteiger partial charge in [0, 0.05) is 55.5 Å². The van der Waals surface area contributed by atoms with E-state index in [-0.39, 0.29) is 34.8 Å². The highest BCUT2D eigenvalue weighted by Crippen LogP contribution is 2.31. The number of piperazine rings is 1. The van der Waals surface area contributed by atoms with Gasteiger partial charge in [-0.25, -0.2) is 4.39 Å². The van der Waals surface area contributed by atoms with Crippen LogP contribution >= 0.6 is 0 Å². The third-order valence-corrected chi connectivity index (χ3v) is 8.70. The summed E-state index contributed by atoms with van der Waals surface area (Å²) in [7, 11) is 5.48. The Morgan fingerprint density at radius 1 is 0.933 bits per heavy atom. The van der Waals surface area contributed by atoms with Crippen molar-refractivity contribution in [1.29, 1.82) is 0 Å². The van der Waals surface area contributed by atoms with Crippen molar-refractivity contribution in [2.45, 2.75) is 25.8 Å². The molecule has 1 aliphatic heterocycles. The second-order valence-corrected chi connectivity index (χ2v) is 12.0. The molecule has 1 aliphatic rings. The zero-order chi connectivity index (χ0) is 32.0. The van der Waals surface area contributed by atoms with E-state index in [1.807, 2.05) is 85.9 Å². The number of fused-ring (bicyclic) bond motifs is 1. The number of pyridine rings is 1. The summed E-state index contributed by atoms with van der Waals surface area (Å²) in [5.74, 6) is -0.797. The molecular formula is C36H36FN5O3. The summed E-state index contributed by atoms with van der Waals surface area (Å²) < 4.78 is 18.4. The summed E-state index contributed by atoms with van der Waals surface area (Å²) in [4.78, 5) is 41.4. The summed E-state index contributed by atoms with van der Waals surface area (Å²) in [6.07, 6.45) is 1.72. The second kappa shape index (κ2) is 11.8. The van der Waals surface area contributed by atoms with Crippen LogP contribution in [0.4, 0.5) is 15.8 Å². The van der Waals surface area contributed by atoms with E-state index >= 15 is 4.39 Å². The van der Waals surface area contributed by atoms with Gasteiger partial charge >= 0.3 is 0 Å². The van der Waals surface area contributed by atoms with Gasteiger partial charge in [-0.2, -0.15) is 0 Å². The van der Waals surface area contributed by atoms with Crippen molar-refractivity contribution in [3.05, 3.63) is 117 Å². The minimum Gasteiger partial charge on any atom is -0.353 e. The van der Waals surface area contributed by atoms with Gasteiger partial charge in [0.05, 0.1) is 11.3 Å². The Balaban J connectivity index is 1.29. The van der Waals surface area contributed by atoms with E-state index in [0.717, 1.165) is 34.4 Å². The fourth-order valence-corrected chi connectivity index (χ4v) is 6.06. The summed E-state index contributed by atoms with van der Waals surface area (Å²) in [6.45, 7) is 5.37. The molecule has 0 bridgehead atoms. The molecule has 230 valence electrons. The highest BCUT2D eigenvalue weighted by Gasteiger charge is 2.28. The molecule has 0 aliphatic carbocycles. The highest BCUT2D eigenvalue weighted by atomic mass is 19.1.